The minimum atomic E-state index is -0.583. The number of rotatable bonds is 2. The van der Waals surface area contributed by atoms with Crippen molar-refractivity contribution in [1.82, 2.24) is 4.98 Å². The highest BCUT2D eigenvalue weighted by molar-refractivity contribution is 7.08. The van der Waals surface area contributed by atoms with Gasteiger partial charge in [0.05, 0.1) is 7.11 Å². The standard InChI is InChI=1S/C14H9NO3S/c1-18-14(17)12-4-2-3-11(15-12)13(16)6-5-10-7-8-19-9-10/h2-4,7-9H,1H3. The number of carbonyl (C=O) groups excluding carboxylic acids is 2. The second-order valence-electron chi connectivity index (χ2n) is 3.49. The summed E-state index contributed by atoms with van der Waals surface area (Å²) in [7, 11) is 1.26. The van der Waals surface area contributed by atoms with Gasteiger partial charge in [-0.25, -0.2) is 9.78 Å². The van der Waals surface area contributed by atoms with Gasteiger partial charge in [-0.1, -0.05) is 12.0 Å². The van der Waals surface area contributed by atoms with E-state index < -0.39 is 11.8 Å². The SMILES string of the molecule is COC(=O)c1cccc(C(=O)C#Cc2ccsc2)n1. The number of methoxy groups -OCH3 is 1. The minimum absolute atomic E-state index is 0.0886. The Labute approximate surface area is 114 Å². The largest absolute Gasteiger partial charge is 0.464 e. The van der Waals surface area contributed by atoms with E-state index in [0.717, 1.165) is 5.56 Å². The number of esters is 1. The van der Waals surface area contributed by atoms with Crippen molar-refractivity contribution in [2.75, 3.05) is 7.11 Å². The lowest BCUT2D eigenvalue weighted by Crippen LogP contribution is -2.08. The van der Waals surface area contributed by atoms with Crippen LogP contribution in [0.3, 0.4) is 0 Å². The fraction of sp³-hybridized carbons (Fsp3) is 0.0714. The van der Waals surface area contributed by atoms with E-state index in [0.29, 0.717) is 0 Å². The van der Waals surface area contributed by atoms with Crippen molar-refractivity contribution < 1.29 is 14.3 Å². The molecule has 2 aromatic heterocycles. The van der Waals surface area contributed by atoms with Crippen molar-refractivity contribution in [1.29, 1.82) is 0 Å². The molecule has 0 saturated carbocycles. The monoisotopic (exact) mass is 271 g/mol. The van der Waals surface area contributed by atoms with Crippen LogP contribution in [0.15, 0.2) is 35.0 Å². The van der Waals surface area contributed by atoms with Gasteiger partial charge in [0.1, 0.15) is 11.4 Å². The van der Waals surface area contributed by atoms with Gasteiger partial charge in [0, 0.05) is 10.9 Å². The molecule has 0 spiro atoms. The number of thiophene rings is 1. The molecule has 0 bridgehead atoms. The first kappa shape index (κ1) is 13.0. The van der Waals surface area contributed by atoms with Gasteiger partial charge in [0.15, 0.2) is 0 Å². The van der Waals surface area contributed by atoms with Crippen molar-refractivity contribution in [3.05, 3.63) is 52.0 Å². The predicted molar refractivity (Wildman–Crippen MR) is 71.1 cm³/mol. The second kappa shape index (κ2) is 5.94. The van der Waals surface area contributed by atoms with E-state index in [1.54, 1.807) is 6.07 Å². The molecule has 0 aromatic carbocycles. The highest BCUT2D eigenvalue weighted by Gasteiger charge is 2.10. The highest BCUT2D eigenvalue weighted by Crippen LogP contribution is 2.05. The molecular weight excluding hydrogens is 262 g/mol. The first-order chi connectivity index (χ1) is 9.20. The number of Topliss-reactive ketones (excluding diaryl/α,β-unsaturated/α-hetero) is 1. The molecule has 2 rings (SSSR count). The number of hydrogen-bond acceptors (Lipinski definition) is 5. The summed E-state index contributed by atoms with van der Waals surface area (Å²) in [6, 6.07) is 6.38. The molecule has 2 heterocycles. The van der Waals surface area contributed by atoms with E-state index in [4.69, 9.17) is 0 Å². The molecular formula is C14H9NO3S. The lowest BCUT2D eigenvalue weighted by molar-refractivity contribution is 0.0594. The zero-order valence-corrected chi connectivity index (χ0v) is 10.9. The number of nitrogens with zero attached hydrogens (tertiary/aromatic N) is 1. The first-order valence-corrected chi connectivity index (χ1v) is 6.29. The van der Waals surface area contributed by atoms with E-state index in [-0.39, 0.29) is 11.4 Å². The Morgan fingerprint density at radius 3 is 2.74 bits per heavy atom. The van der Waals surface area contributed by atoms with E-state index in [2.05, 4.69) is 21.6 Å². The van der Waals surface area contributed by atoms with Crippen molar-refractivity contribution >= 4 is 23.1 Å². The molecule has 5 heteroatoms. The Morgan fingerprint density at radius 2 is 2.05 bits per heavy atom. The quantitative estimate of drug-likeness (QED) is 0.477. The maximum atomic E-state index is 11.8. The zero-order chi connectivity index (χ0) is 13.7. The summed E-state index contributed by atoms with van der Waals surface area (Å²) >= 11 is 1.51. The highest BCUT2D eigenvalue weighted by atomic mass is 32.1. The van der Waals surface area contributed by atoms with E-state index in [9.17, 15) is 9.59 Å². The van der Waals surface area contributed by atoms with Crippen LogP contribution in [-0.2, 0) is 4.74 Å². The summed E-state index contributed by atoms with van der Waals surface area (Å²) in [6.07, 6.45) is 0. The number of aromatic nitrogens is 1. The lowest BCUT2D eigenvalue weighted by atomic mass is 10.2. The topological polar surface area (TPSA) is 56.3 Å². The van der Waals surface area contributed by atoms with Gasteiger partial charge >= 0.3 is 5.97 Å². The Kier molecular flexibility index (Phi) is 4.06. The smallest absolute Gasteiger partial charge is 0.356 e. The van der Waals surface area contributed by atoms with E-state index in [1.807, 2.05) is 16.8 Å². The maximum absolute atomic E-state index is 11.8. The van der Waals surface area contributed by atoms with Crippen molar-refractivity contribution in [3.63, 3.8) is 0 Å². The van der Waals surface area contributed by atoms with Crippen LogP contribution in [0.5, 0.6) is 0 Å². The predicted octanol–water partition coefficient (Wildman–Crippen LogP) is 2.16. The molecule has 4 nitrogen and oxygen atoms in total. The van der Waals surface area contributed by atoms with Gasteiger partial charge in [0.2, 0.25) is 0 Å². The zero-order valence-electron chi connectivity index (χ0n) is 10.0. The Hall–Kier alpha value is -2.45. The van der Waals surface area contributed by atoms with Crippen LogP contribution in [-0.4, -0.2) is 23.8 Å². The average Bonchev–Trinajstić information content (AvgIpc) is 2.97. The Balaban J connectivity index is 2.22. The van der Waals surface area contributed by atoms with E-state index in [1.165, 1.54) is 30.6 Å². The molecule has 94 valence electrons. The molecule has 0 N–H and O–H groups in total. The van der Waals surface area contributed by atoms with Gasteiger partial charge in [-0.2, -0.15) is 11.3 Å². The number of ketones is 1. The first-order valence-electron chi connectivity index (χ1n) is 5.34. The van der Waals surface area contributed by atoms with Crippen LogP contribution in [0.25, 0.3) is 0 Å². The normalized spacial score (nSPS) is 9.32. The third kappa shape index (κ3) is 3.27. The summed E-state index contributed by atoms with van der Waals surface area (Å²) in [5.74, 6) is 4.21. The average molecular weight is 271 g/mol. The molecule has 0 unspecified atom stereocenters. The summed E-state index contributed by atoms with van der Waals surface area (Å²) in [6.45, 7) is 0. The third-order valence-electron chi connectivity index (χ3n) is 2.22. The summed E-state index contributed by atoms with van der Waals surface area (Å²) in [5, 5.41) is 3.73. The van der Waals surface area contributed by atoms with Crippen molar-refractivity contribution in [2.45, 2.75) is 0 Å². The molecule has 0 atom stereocenters. The summed E-state index contributed by atoms with van der Waals surface area (Å²) < 4.78 is 4.54. The van der Waals surface area contributed by atoms with Gasteiger partial charge in [-0.3, -0.25) is 4.79 Å². The molecule has 19 heavy (non-hydrogen) atoms. The maximum Gasteiger partial charge on any atom is 0.356 e. The Morgan fingerprint density at radius 1 is 1.26 bits per heavy atom. The molecule has 0 radical (unpaired) electrons. The van der Waals surface area contributed by atoms with Gasteiger partial charge < -0.3 is 4.74 Å². The number of hydrogen-bond donors (Lipinski definition) is 0. The molecule has 0 aliphatic rings. The van der Waals surface area contributed by atoms with Crippen LogP contribution in [0.4, 0.5) is 0 Å². The van der Waals surface area contributed by atoms with Crippen LogP contribution >= 0.6 is 11.3 Å². The van der Waals surface area contributed by atoms with Crippen LogP contribution in [0, 0.1) is 11.8 Å². The van der Waals surface area contributed by atoms with Gasteiger partial charge in [-0.05, 0) is 29.5 Å². The molecule has 0 saturated heterocycles. The lowest BCUT2D eigenvalue weighted by Gasteiger charge is -1.99. The fourth-order valence-electron chi connectivity index (χ4n) is 1.31. The molecule has 0 fully saturated rings. The Bertz CT molecular complexity index is 665. The van der Waals surface area contributed by atoms with Gasteiger partial charge in [-0.15, -0.1) is 0 Å². The van der Waals surface area contributed by atoms with Crippen LogP contribution in [0.2, 0.25) is 0 Å². The van der Waals surface area contributed by atoms with Gasteiger partial charge in [0.25, 0.3) is 5.78 Å². The van der Waals surface area contributed by atoms with Crippen LogP contribution in [0.1, 0.15) is 26.5 Å². The molecule has 0 aliphatic heterocycles. The minimum Gasteiger partial charge on any atom is -0.464 e. The van der Waals surface area contributed by atoms with E-state index >= 15 is 0 Å². The molecule has 2 aromatic rings. The van der Waals surface area contributed by atoms with Crippen molar-refractivity contribution in [3.8, 4) is 11.8 Å². The number of carbonyl (C=O) groups is 2. The van der Waals surface area contributed by atoms with Crippen molar-refractivity contribution in [2.24, 2.45) is 0 Å². The van der Waals surface area contributed by atoms with Crippen LogP contribution < -0.4 is 0 Å². The summed E-state index contributed by atoms with van der Waals surface area (Å²) in [4.78, 5) is 27.0. The third-order valence-corrected chi connectivity index (χ3v) is 2.90. The second-order valence-corrected chi connectivity index (χ2v) is 4.27. The number of pyridine rings is 1. The molecule has 0 amide bonds. The number of ether oxygens (including phenoxy) is 1. The summed E-state index contributed by atoms with van der Waals surface area (Å²) in [5.41, 5.74) is 0.999. The fourth-order valence-corrected chi connectivity index (χ4v) is 1.90. The molecule has 0 aliphatic carbocycles.